The van der Waals surface area contributed by atoms with Gasteiger partial charge in [0.25, 0.3) is 5.91 Å². The summed E-state index contributed by atoms with van der Waals surface area (Å²) >= 11 is 0. The van der Waals surface area contributed by atoms with Crippen molar-refractivity contribution in [2.75, 3.05) is 24.6 Å². The molecule has 1 aliphatic rings. The minimum atomic E-state index is -0.0566. The third-order valence-electron chi connectivity index (χ3n) is 3.64. The number of carbonyl (C=O) groups excluding carboxylic acids is 2. The molecule has 1 heterocycles. The molecule has 1 aliphatic heterocycles. The zero-order chi connectivity index (χ0) is 15.9. The van der Waals surface area contributed by atoms with Crippen LogP contribution in [0.5, 0.6) is 5.75 Å². The fraction of sp³-hybridized carbons (Fsp3) is 0.529. The van der Waals surface area contributed by atoms with Crippen LogP contribution in [-0.4, -0.2) is 31.5 Å². The van der Waals surface area contributed by atoms with E-state index in [1.54, 1.807) is 4.90 Å². The van der Waals surface area contributed by atoms with E-state index >= 15 is 0 Å². The van der Waals surface area contributed by atoms with Crippen molar-refractivity contribution in [2.24, 2.45) is 5.92 Å². The Labute approximate surface area is 131 Å². The SMILES string of the molecule is CC(C)CCNC(=O)CCCN1C(=O)COc2ccccc21. The lowest BCUT2D eigenvalue weighted by atomic mass is 10.1. The maximum atomic E-state index is 12.0. The lowest BCUT2D eigenvalue weighted by molar-refractivity contribution is -0.122. The number of anilines is 1. The standard InChI is InChI=1S/C17H24N2O3/c1-13(2)9-10-18-16(20)8-5-11-19-14-6-3-4-7-15(14)22-12-17(19)21/h3-4,6-7,13H,5,8-12H2,1-2H3,(H,18,20). The van der Waals surface area contributed by atoms with Crippen LogP contribution in [0.1, 0.15) is 33.1 Å². The molecule has 1 aromatic rings. The number of fused-ring (bicyclic) bond motifs is 1. The van der Waals surface area contributed by atoms with E-state index in [9.17, 15) is 9.59 Å². The van der Waals surface area contributed by atoms with Gasteiger partial charge >= 0.3 is 0 Å². The Kier molecular flexibility index (Phi) is 5.81. The van der Waals surface area contributed by atoms with Gasteiger partial charge in [-0.05, 0) is 30.9 Å². The lowest BCUT2D eigenvalue weighted by Gasteiger charge is -2.29. The van der Waals surface area contributed by atoms with Crippen molar-refractivity contribution in [3.63, 3.8) is 0 Å². The normalized spacial score (nSPS) is 13.8. The number of rotatable bonds is 7. The number of nitrogens with zero attached hydrogens (tertiary/aromatic N) is 1. The van der Waals surface area contributed by atoms with Crippen molar-refractivity contribution in [1.29, 1.82) is 0 Å². The second-order valence-electron chi connectivity index (χ2n) is 5.94. The second kappa shape index (κ2) is 7.82. The molecule has 1 aromatic carbocycles. The number of benzene rings is 1. The van der Waals surface area contributed by atoms with Crippen LogP contribution in [0.25, 0.3) is 0 Å². The maximum absolute atomic E-state index is 12.0. The van der Waals surface area contributed by atoms with Crippen LogP contribution in [0.3, 0.4) is 0 Å². The van der Waals surface area contributed by atoms with Gasteiger partial charge in [0.15, 0.2) is 6.61 Å². The van der Waals surface area contributed by atoms with Gasteiger partial charge in [-0.3, -0.25) is 9.59 Å². The first-order valence-electron chi connectivity index (χ1n) is 7.87. The molecule has 1 N–H and O–H groups in total. The fourth-order valence-corrected chi connectivity index (χ4v) is 2.39. The number of hydrogen-bond acceptors (Lipinski definition) is 3. The Morgan fingerprint density at radius 3 is 2.91 bits per heavy atom. The Balaban J connectivity index is 1.79. The first-order valence-corrected chi connectivity index (χ1v) is 7.87. The van der Waals surface area contributed by atoms with Gasteiger partial charge in [0.2, 0.25) is 5.91 Å². The highest BCUT2D eigenvalue weighted by Crippen LogP contribution is 2.31. The van der Waals surface area contributed by atoms with E-state index < -0.39 is 0 Å². The van der Waals surface area contributed by atoms with Crippen molar-refractivity contribution < 1.29 is 14.3 Å². The van der Waals surface area contributed by atoms with Gasteiger partial charge in [0, 0.05) is 19.5 Å². The lowest BCUT2D eigenvalue weighted by Crippen LogP contribution is -2.39. The third-order valence-corrected chi connectivity index (χ3v) is 3.64. The Morgan fingerprint density at radius 2 is 2.14 bits per heavy atom. The van der Waals surface area contributed by atoms with Crippen molar-refractivity contribution in [2.45, 2.75) is 33.1 Å². The highest BCUT2D eigenvalue weighted by Gasteiger charge is 2.24. The average Bonchev–Trinajstić information content (AvgIpc) is 2.49. The minimum Gasteiger partial charge on any atom is -0.482 e. The molecule has 22 heavy (non-hydrogen) atoms. The number of amides is 2. The molecule has 0 aliphatic carbocycles. The molecular weight excluding hydrogens is 280 g/mol. The molecule has 0 unspecified atom stereocenters. The number of ether oxygens (including phenoxy) is 1. The molecule has 5 heteroatoms. The topological polar surface area (TPSA) is 58.6 Å². The molecule has 0 atom stereocenters. The van der Waals surface area contributed by atoms with Gasteiger partial charge in [-0.2, -0.15) is 0 Å². The molecule has 2 rings (SSSR count). The Hall–Kier alpha value is -2.04. The van der Waals surface area contributed by atoms with E-state index in [1.807, 2.05) is 24.3 Å². The highest BCUT2D eigenvalue weighted by molar-refractivity contribution is 5.97. The number of para-hydroxylation sites is 2. The van der Waals surface area contributed by atoms with E-state index in [2.05, 4.69) is 19.2 Å². The van der Waals surface area contributed by atoms with E-state index in [0.717, 1.165) is 24.4 Å². The van der Waals surface area contributed by atoms with Crippen LogP contribution >= 0.6 is 0 Å². The van der Waals surface area contributed by atoms with Crippen LogP contribution < -0.4 is 15.0 Å². The summed E-state index contributed by atoms with van der Waals surface area (Å²) in [6, 6.07) is 7.49. The monoisotopic (exact) mass is 304 g/mol. The molecule has 0 saturated heterocycles. The first-order chi connectivity index (χ1) is 10.6. The second-order valence-corrected chi connectivity index (χ2v) is 5.94. The molecule has 0 spiro atoms. The Morgan fingerprint density at radius 1 is 1.36 bits per heavy atom. The van der Waals surface area contributed by atoms with Crippen molar-refractivity contribution in [3.8, 4) is 5.75 Å². The largest absolute Gasteiger partial charge is 0.482 e. The van der Waals surface area contributed by atoms with Gasteiger partial charge in [-0.15, -0.1) is 0 Å². The van der Waals surface area contributed by atoms with Gasteiger partial charge in [0.1, 0.15) is 5.75 Å². The van der Waals surface area contributed by atoms with Crippen LogP contribution in [-0.2, 0) is 9.59 Å². The summed E-state index contributed by atoms with van der Waals surface area (Å²) in [6.45, 7) is 5.59. The average molecular weight is 304 g/mol. The highest BCUT2D eigenvalue weighted by atomic mass is 16.5. The van der Waals surface area contributed by atoms with E-state index in [-0.39, 0.29) is 18.4 Å². The van der Waals surface area contributed by atoms with E-state index in [4.69, 9.17) is 4.74 Å². The van der Waals surface area contributed by atoms with Crippen molar-refractivity contribution in [1.82, 2.24) is 5.32 Å². The molecule has 5 nitrogen and oxygen atoms in total. The van der Waals surface area contributed by atoms with E-state index in [0.29, 0.717) is 25.3 Å². The van der Waals surface area contributed by atoms with Crippen LogP contribution in [0.4, 0.5) is 5.69 Å². The van der Waals surface area contributed by atoms with Crippen molar-refractivity contribution in [3.05, 3.63) is 24.3 Å². The predicted molar refractivity (Wildman–Crippen MR) is 86.0 cm³/mol. The van der Waals surface area contributed by atoms with Crippen molar-refractivity contribution >= 4 is 17.5 Å². The first kappa shape index (κ1) is 16.3. The van der Waals surface area contributed by atoms with Crippen LogP contribution in [0.15, 0.2) is 24.3 Å². The Bertz CT molecular complexity index is 528. The molecule has 0 saturated carbocycles. The summed E-state index contributed by atoms with van der Waals surface area (Å²) in [5.74, 6) is 1.31. The summed E-state index contributed by atoms with van der Waals surface area (Å²) < 4.78 is 5.40. The fourth-order valence-electron chi connectivity index (χ4n) is 2.39. The molecule has 2 amide bonds. The smallest absolute Gasteiger partial charge is 0.265 e. The van der Waals surface area contributed by atoms with Crippen LogP contribution in [0, 0.1) is 5.92 Å². The van der Waals surface area contributed by atoms with Gasteiger partial charge in [0.05, 0.1) is 5.69 Å². The molecule has 0 aromatic heterocycles. The number of hydrogen-bond donors (Lipinski definition) is 1. The third kappa shape index (κ3) is 4.48. The summed E-state index contributed by atoms with van der Waals surface area (Å²) in [5.41, 5.74) is 0.791. The molecule has 0 fully saturated rings. The summed E-state index contributed by atoms with van der Waals surface area (Å²) in [6.07, 6.45) is 2.07. The van der Waals surface area contributed by atoms with Gasteiger partial charge in [-0.1, -0.05) is 26.0 Å². The number of nitrogens with one attached hydrogen (secondary N) is 1. The van der Waals surface area contributed by atoms with Gasteiger partial charge < -0.3 is 15.0 Å². The molecule has 0 bridgehead atoms. The van der Waals surface area contributed by atoms with Crippen LogP contribution in [0.2, 0.25) is 0 Å². The molecular formula is C17H24N2O3. The summed E-state index contributed by atoms with van der Waals surface area (Å²) in [5, 5.41) is 2.92. The quantitative estimate of drug-likeness (QED) is 0.841. The number of carbonyl (C=O) groups is 2. The zero-order valence-corrected chi connectivity index (χ0v) is 13.3. The summed E-state index contributed by atoms with van der Waals surface area (Å²) in [4.78, 5) is 25.4. The predicted octanol–water partition coefficient (Wildman–Crippen LogP) is 2.35. The van der Waals surface area contributed by atoms with E-state index in [1.165, 1.54) is 0 Å². The zero-order valence-electron chi connectivity index (χ0n) is 13.3. The molecule has 120 valence electrons. The molecule has 0 radical (unpaired) electrons. The van der Waals surface area contributed by atoms with Gasteiger partial charge in [-0.25, -0.2) is 0 Å². The summed E-state index contributed by atoms with van der Waals surface area (Å²) in [7, 11) is 0. The minimum absolute atomic E-state index is 0.0506. The maximum Gasteiger partial charge on any atom is 0.265 e.